The Hall–Kier alpha value is -2.33. The Morgan fingerprint density at radius 3 is 2.79 bits per heavy atom. The number of aryl methyl sites for hydroxylation is 1. The molecule has 1 saturated heterocycles. The second-order valence-electron chi connectivity index (χ2n) is 5.90. The molecule has 1 atom stereocenters. The molecule has 2 amide bonds. The van der Waals surface area contributed by atoms with Gasteiger partial charge in [-0.25, -0.2) is 0 Å². The van der Waals surface area contributed by atoms with Gasteiger partial charge in [0, 0.05) is 18.7 Å². The van der Waals surface area contributed by atoms with Gasteiger partial charge in [0.05, 0.1) is 16.6 Å². The molecule has 1 heterocycles. The van der Waals surface area contributed by atoms with Gasteiger partial charge in [0.2, 0.25) is 11.8 Å². The maximum atomic E-state index is 12.5. The lowest BCUT2D eigenvalue weighted by Crippen LogP contribution is -2.28. The second kappa shape index (κ2) is 7.05. The number of benzene rings is 2. The van der Waals surface area contributed by atoms with Crippen molar-refractivity contribution in [2.75, 3.05) is 16.8 Å². The molecule has 0 saturated carbocycles. The Balaban J connectivity index is 1.72. The van der Waals surface area contributed by atoms with E-state index >= 15 is 0 Å². The Labute approximate surface area is 146 Å². The van der Waals surface area contributed by atoms with E-state index in [9.17, 15) is 9.59 Å². The Bertz CT molecular complexity index is 775. The molecule has 1 fully saturated rings. The number of nitrogens with zero attached hydrogens (tertiary/aromatic N) is 1. The zero-order chi connectivity index (χ0) is 17.1. The standard InChI is InChI=1S/C19H19ClN2O2/c1-2-13-6-5-7-15(10-13)22-12-14(11-18(22)23)19(24)21-17-9-4-3-8-16(17)20/h3-10,14H,2,11-12H2,1H3,(H,21,24). The van der Waals surface area contributed by atoms with Crippen LogP contribution in [0, 0.1) is 5.92 Å². The fourth-order valence-electron chi connectivity index (χ4n) is 2.87. The summed E-state index contributed by atoms with van der Waals surface area (Å²) in [5.41, 5.74) is 2.60. The molecule has 24 heavy (non-hydrogen) atoms. The highest BCUT2D eigenvalue weighted by atomic mass is 35.5. The predicted molar refractivity (Wildman–Crippen MR) is 96.4 cm³/mol. The van der Waals surface area contributed by atoms with Gasteiger partial charge in [0.15, 0.2) is 0 Å². The highest BCUT2D eigenvalue weighted by Crippen LogP contribution is 2.28. The summed E-state index contributed by atoms with van der Waals surface area (Å²) in [6, 6.07) is 15.0. The third kappa shape index (κ3) is 3.44. The molecule has 1 unspecified atom stereocenters. The summed E-state index contributed by atoms with van der Waals surface area (Å²) in [6.45, 7) is 2.47. The van der Waals surface area contributed by atoms with Gasteiger partial charge in [-0.15, -0.1) is 0 Å². The molecule has 1 N–H and O–H groups in total. The van der Waals surface area contributed by atoms with Gasteiger partial charge >= 0.3 is 0 Å². The molecule has 2 aromatic rings. The van der Waals surface area contributed by atoms with Crippen molar-refractivity contribution >= 4 is 34.8 Å². The highest BCUT2D eigenvalue weighted by Gasteiger charge is 2.35. The van der Waals surface area contributed by atoms with Gasteiger partial charge in [-0.3, -0.25) is 9.59 Å². The first-order valence-corrected chi connectivity index (χ1v) is 8.41. The van der Waals surface area contributed by atoms with Gasteiger partial charge in [0.1, 0.15) is 0 Å². The third-order valence-electron chi connectivity index (χ3n) is 4.26. The van der Waals surface area contributed by atoms with Crippen LogP contribution < -0.4 is 10.2 Å². The summed E-state index contributed by atoms with van der Waals surface area (Å²) in [4.78, 5) is 26.5. The van der Waals surface area contributed by atoms with Gasteiger partial charge < -0.3 is 10.2 Å². The van der Waals surface area contributed by atoms with Gasteiger partial charge in [-0.2, -0.15) is 0 Å². The highest BCUT2D eigenvalue weighted by molar-refractivity contribution is 6.33. The summed E-state index contributed by atoms with van der Waals surface area (Å²) in [5, 5.41) is 3.31. The summed E-state index contributed by atoms with van der Waals surface area (Å²) < 4.78 is 0. The largest absolute Gasteiger partial charge is 0.324 e. The molecule has 124 valence electrons. The lowest BCUT2D eigenvalue weighted by atomic mass is 10.1. The van der Waals surface area contributed by atoms with Crippen molar-refractivity contribution in [3.8, 4) is 0 Å². The van der Waals surface area contributed by atoms with Gasteiger partial charge in [-0.1, -0.05) is 42.8 Å². The number of nitrogens with one attached hydrogen (secondary N) is 1. The monoisotopic (exact) mass is 342 g/mol. The van der Waals surface area contributed by atoms with Crippen LogP contribution in [-0.2, 0) is 16.0 Å². The van der Waals surface area contributed by atoms with E-state index in [-0.39, 0.29) is 24.2 Å². The number of halogens is 1. The lowest BCUT2D eigenvalue weighted by molar-refractivity contribution is -0.122. The average Bonchev–Trinajstić information content (AvgIpc) is 2.99. The third-order valence-corrected chi connectivity index (χ3v) is 4.59. The van der Waals surface area contributed by atoms with Crippen LogP contribution in [0.15, 0.2) is 48.5 Å². The zero-order valence-electron chi connectivity index (χ0n) is 13.5. The first kappa shape index (κ1) is 16.5. The Morgan fingerprint density at radius 1 is 1.25 bits per heavy atom. The minimum atomic E-state index is -0.376. The number of para-hydroxylation sites is 1. The fourth-order valence-corrected chi connectivity index (χ4v) is 3.06. The molecular weight excluding hydrogens is 324 g/mol. The Kier molecular flexibility index (Phi) is 4.86. The van der Waals surface area contributed by atoms with Crippen molar-refractivity contribution in [1.82, 2.24) is 0 Å². The van der Waals surface area contributed by atoms with Crippen LogP contribution in [0.5, 0.6) is 0 Å². The first-order chi connectivity index (χ1) is 11.6. The van der Waals surface area contributed by atoms with Crippen LogP contribution in [0.25, 0.3) is 0 Å². The number of carbonyl (C=O) groups excluding carboxylic acids is 2. The van der Waals surface area contributed by atoms with E-state index in [0.717, 1.165) is 12.1 Å². The van der Waals surface area contributed by atoms with E-state index in [1.165, 1.54) is 5.56 Å². The van der Waals surface area contributed by atoms with E-state index in [2.05, 4.69) is 12.2 Å². The van der Waals surface area contributed by atoms with Crippen molar-refractivity contribution in [3.63, 3.8) is 0 Å². The van der Waals surface area contributed by atoms with Crippen LogP contribution in [0.3, 0.4) is 0 Å². The van der Waals surface area contributed by atoms with Gasteiger partial charge in [0.25, 0.3) is 0 Å². The van der Waals surface area contributed by atoms with E-state index in [0.29, 0.717) is 17.3 Å². The molecule has 4 nitrogen and oxygen atoms in total. The molecule has 0 spiro atoms. The smallest absolute Gasteiger partial charge is 0.229 e. The molecule has 0 aliphatic carbocycles. The normalized spacial score (nSPS) is 17.2. The summed E-state index contributed by atoms with van der Waals surface area (Å²) in [5.74, 6) is -0.577. The van der Waals surface area contributed by atoms with Crippen molar-refractivity contribution < 1.29 is 9.59 Å². The lowest BCUT2D eigenvalue weighted by Gasteiger charge is -2.17. The molecule has 0 radical (unpaired) electrons. The number of hydrogen-bond acceptors (Lipinski definition) is 2. The maximum Gasteiger partial charge on any atom is 0.229 e. The SMILES string of the molecule is CCc1cccc(N2CC(C(=O)Nc3ccccc3Cl)CC2=O)c1. The molecule has 0 bridgehead atoms. The van der Waals surface area contributed by atoms with E-state index < -0.39 is 0 Å². The minimum absolute atomic E-state index is 0.0254. The Morgan fingerprint density at radius 2 is 2.04 bits per heavy atom. The van der Waals surface area contributed by atoms with Gasteiger partial charge in [-0.05, 0) is 36.2 Å². The fraction of sp³-hybridized carbons (Fsp3) is 0.263. The van der Waals surface area contributed by atoms with Crippen molar-refractivity contribution in [1.29, 1.82) is 0 Å². The number of rotatable bonds is 4. The molecule has 2 aromatic carbocycles. The molecule has 1 aliphatic rings. The van der Waals surface area contributed by atoms with Crippen LogP contribution in [0.4, 0.5) is 11.4 Å². The molecule has 5 heteroatoms. The summed E-state index contributed by atoms with van der Waals surface area (Å²) in [6.07, 6.45) is 1.12. The van der Waals surface area contributed by atoms with Crippen LogP contribution in [0.1, 0.15) is 18.9 Å². The quantitative estimate of drug-likeness (QED) is 0.916. The molecular formula is C19H19ClN2O2. The topological polar surface area (TPSA) is 49.4 Å². The molecule has 0 aromatic heterocycles. The number of hydrogen-bond donors (Lipinski definition) is 1. The number of anilines is 2. The maximum absolute atomic E-state index is 12.5. The van der Waals surface area contributed by atoms with E-state index in [1.54, 1.807) is 23.1 Å². The van der Waals surface area contributed by atoms with Crippen LogP contribution in [-0.4, -0.2) is 18.4 Å². The molecule has 3 rings (SSSR count). The first-order valence-electron chi connectivity index (χ1n) is 8.03. The van der Waals surface area contributed by atoms with Crippen molar-refractivity contribution in [2.24, 2.45) is 5.92 Å². The minimum Gasteiger partial charge on any atom is -0.324 e. The second-order valence-corrected chi connectivity index (χ2v) is 6.31. The molecule has 1 aliphatic heterocycles. The number of amides is 2. The van der Waals surface area contributed by atoms with Crippen molar-refractivity contribution in [3.05, 3.63) is 59.1 Å². The summed E-state index contributed by atoms with van der Waals surface area (Å²) in [7, 11) is 0. The van der Waals surface area contributed by atoms with Crippen molar-refractivity contribution in [2.45, 2.75) is 19.8 Å². The number of carbonyl (C=O) groups is 2. The van der Waals surface area contributed by atoms with E-state index in [1.807, 2.05) is 30.3 Å². The van der Waals surface area contributed by atoms with E-state index in [4.69, 9.17) is 11.6 Å². The van der Waals surface area contributed by atoms with Crippen LogP contribution >= 0.6 is 11.6 Å². The predicted octanol–water partition coefficient (Wildman–Crippen LogP) is 3.89. The zero-order valence-corrected chi connectivity index (χ0v) is 14.2. The summed E-state index contributed by atoms with van der Waals surface area (Å²) >= 11 is 6.07. The average molecular weight is 343 g/mol. The van der Waals surface area contributed by atoms with Crippen LogP contribution in [0.2, 0.25) is 5.02 Å².